The lowest BCUT2D eigenvalue weighted by atomic mass is 9.93. The second kappa shape index (κ2) is 43.0. The van der Waals surface area contributed by atoms with Crippen LogP contribution in [0.2, 0.25) is 0 Å². The number of anilines is 15. The number of methoxy groups -OCH3 is 1. The number of aryl methyl sites for hydroxylation is 1. The topological polar surface area (TPSA) is 548 Å². The molecule has 8 aliphatic rings. The van der Waals surface area contributed by atoms with Gasteiger partial charge in [-0.25, -0.2) is 71.8 Å². The van der Waals surface area contributed by atoms with Crippen LogP contribution in [0.15, 0.2) is 123 Å². The van der Waals surface area contributed by atoms with E-state index in [1.165, 1.54) is 65.2 Å². The van der Waals surface area contributed by atoms with Crippen molar-refractivity contribution >= 4 is 144 Å². The molecule has 0 saturated heterocycles. The summed E-state index contributed by atoms with van der Waals surface area (Å²) in [6, 6.07) is 15.9. The molecular formula is C97H108F5N35O11. The number of pyridine rings is 5. The quantitative estimate of drug-likeness (QED) is 0.0162. The SMILES string of the molecule is CNc1cc(Nc2cc(C)cnc2OC2CC2)nc2c(C(=O)NC3CC3)cnn12.CNc1cc(Nc2cc(F)cnc2OC)nc2c(C(=O)NCC(C)(C)CO)cnn12.CNc1cc(Nc2cc(F)cnc2OC2CC2)nc2c(C(=O)NC3CC3)cnn12.CNc1cc(Nc2cc(F)cnc2OC2CC2)nc2c(C(=O)NC3CCC3)cnn12.CNc1cc(Nc2cc(F)cnc2OC2CC2)nc2c(C(=O)N[C@H]3C[C@H]3F)cnn12. The third-order valence-electron chi connectivity index (χ3n) is 24.3. The Morgan fingerprint density at radius 2 is 0.628 bits per heavy atom. The Bertz CT molecular complexity index is 7170. The van der Waals surface area contributed by atoms with Gasteiger partial charge in [-0.3, -0.25) is 24.0 Å². The molecule has 772 valence electrons. The molecule has 15 aromatic heterocycles. The lowest BCUT2D eigenvalue weighted by Crippen LogP contribution is -2.39. The lowest BCUT2D eigenvalue weighted by molar-refractivity contribution is 0.0906. The smallest absolute Gasteiger partial charge is 0.257 e. The molecular weight excluding hydrogens is 1930 g/mol. The van der Waals surface area contributed by atoms with Gasteiger partial charge in [0, 0.05) is 139 Å². The van der Waals surface area contributed by atoms with Crippen LogP contribution >= 0.6 is 0 Å². The minimum atomic E-state index is -1.01. The van der Waals surface area contributed by atoms with E-state index in [9.17, 15) is 51.0 Å². The van der Waals surface area contributed by atoms with Gasteiger partial charge in [0.25, 0.3) is 29.5 Å². The van der Waals surface area contributed by atoms with Crippen LogP contribution in [-0.4, -0.2) is 243 Å². The molecule has 0 aliphatic heterocycles. The molecule has 8 aliphatic carbocycles. The molecule has 8 saturated carbocycles. The van der Waals surface area contributed by atoms with Crippen LogP contribution in [0.4, 0.5) is 109 Å². The number of hydrogen-bond acceptors (Lipinski definition) is 36. The van der Waals surface area contributed by atoms with Gasteiger partial charge in [0.05, 0.1) is 68.9 Å². The third-order valence-corrected chi connectivity index (χ3v) is 24.3. The number of alkyl halides is 1. The van der Waals surface area contributed by atoms with E-state index >= 15 is 0 Å². The number of aliphatic hydroxyl groups is 1. The first kappa shape index (κ1) is 99.5. The van der Waals surface area contributed by atoms with E-state index in [1.807, 2.05) is 32.9 Å². The van der Waals surface area contributed by atoms with Gasteiger partial charge < -0.3 is 109 Å². The predicted octanol–water partition coefficient (Wildman–Crippen LogP) is 12.2. The van der Waals surface area contributed by atoms with Gasteiger partial charge in [-0.15, -0.1) is 0 Å². The molecule has 16 N–H and O–H groups in total. The number of carbonyl (C=O) groups is 5. The molecule has 0 unspecified atom stereocenters. The van der Waals surface area contributed by atoms with Crippen LogP contribution in [0.3, 0.4) is 0 Å². The van der Waals surface area contributed by atoms with Gasteiger partial charge in [-0.05, 0) is 115 Å². The summed E-state index contributed by atoms with van der Waals surface area (Å²) in [6.07, 6.45) is 28.3. The Hall–Kier alpha value is -17.2. The van der Waals surface area contributed by atoms with Crippen LogP contribution < -0.4 is 103 Å². The first-order chi connectivity index (χ1) is 71.6. The van der Waals surface area contributed by atoms with Crippen LogP contribution in [0.5, 0.6) is 29.4 Å². The van der Waals surface area contributed by atoms with Gasteiger partial charge >= 0.3 is 0 Å². The highest BCUT2D eigenvalue weighted by Gasteiger charge is 2.40. The number of carbonyl (C=O) groups excluding carboxylic acids is 5. The first-order valence-electron chi connectivity index (χ1n) is 48.3. The predicted molar refractivity (Wildman–Crippen MR) is 536 cm³/mol. The fourth-order valence-electron chi connectivity index (χ4n) is 15.0. The van der Waals surface area contributed by atoms with E-state index in [2.05, 4.69) is 155 Å². The molecule has 0 radical (unpaired) electrons. The highest BCUT2D eigenvalue weighted by atomic mass is 19.1. The summed E-state index contributed by atoms with van der Waals surface area (Å²) < 4.78 is 104. The van der Waals surface area contributed by atoms with Gasteiger partial charge in [0.1, 0.15) is 168 Å². The van der Waals surface area contributed by atoms with Gasteiger partial charge in [-0.2, -0.15) is 48.1 Å². The molecule has 2 atom stereocenters. The maximum atomic E-state index is 13.8. The molecule has 0 aromatic carbocycles. The van der Waals surface area contributed by atoms with Gasteiger partial charge in [0.15, 0.2) is 28.2 Å². The van der Waals surface area contributed by atoms with Crippen molar-refractivity contribution in [2.24, 2.45) is 5.41 Å². The molecule has 5 amide bonds. The zero-order valence-electron chi connectivity index (χ0n) is 81.8. The number of hydrogen-bond donors (Lipinski definition) is 16. The average Bonchev–Trinajstić information content (AvgIpc) is 1.63. The summed E-state index contributed by atoms with van der Waals surface area (Å²) in [7, 11) is 10.1. The standard InChI is InChI=1S/C20H22FN7O2.C20H23N7O2.C19H19F2N7O2.C19H24FN7O3.C19H20FN7O2/c1-22-17-8-16(26-15-7-11(21)9-23-20(15)30-13-5-6-13)27-18-14(10-24-28(17)18)19(29)25-12-3-2-4-12;1-11-7-15(20(22-9-11)29-13-5-6-13)25-16-8-17(21-2)27-18(26-16)14(10-23-27)19(28)24-12-3-4-12;1-22-16-6-15(25-14-4-9(20)7-23-19(14)30-10-2-3-10)27-17-11(8-24-28(16)17)18(29)26-13-5-12(13)21;1-19(2,10-28)9-23-17(29)12-8-24-27-15(21-3)6-14(26-16(12)27)25-13-5-11(20)7-22-18(13)30-4;1-21-16-7-15(25-14-6-10(20)8-22-19(14)29-12-4-5-12)26-17-13(9-23-27(16)17)18(28)24-11-2-3-11/h7-10,12-13,22H,2-6H2,1H3,(H,25,29)(H,26,27);7-10,12-13,21H,3-6H2,1-2H3,(H,24,28)(H,25,26);4,6-8,10,12-13,22H,2-3,5H2,1H3,(H,25,27)(H,26,29);5-8,21,28H,9-10H2,1-4H3,(H,23,29)(H,25,26);6-9,11-12,21H,2-5H2,1H3,(H,24,28)(H,25,26)/t;;12-,13+;;/m..1../s1. The second-order valence-electron chi connectivity index (χ2n) is 37.3. The van der Waals surface area contributed by atoms with Crippen molar-refractivity contribution in [3.8, 4) is 29.4 Å². The highest BCUT2D eigenvalue weighted by molar-refractivity contribution is 6.03. The number of aliphatic hydroxyl groups excluding tert-OH is 1. The summed E-state index contributed by atoms with van der Waals surface area (Å²) in [4.78, 5) is 106. The average molecular weight is 2040 g/mol. The lowest BCUT2D eigenvalue weighted by Gasteiger charge is -2.26. The Morgan fingerprint density at radius 1 is 0.365 bits per heavy atom. The molecule has 15 aromatic rings. The first-order valence-corrected chi connectivity index (χ1v) is 48.3. The molecule has 46 nitrogen and oxygen atoms in total. The molecule has 23 rings (SSSR count). The number of rotatable bonds is 36. The van der Waals surface area contributed by atoms with Crippen molar-refractivity contribution in [1.29, 1.82) is 0 Å². The summed E-state index contributed by atoms with van der Waals surface area (Å²) in [6.45, 7) is 5.86. The summed E-state index contributed by atoms with van der Waals surface area (Å²) in [5.74, 6) is 3.41. The van der Waals surface area contributed by atoms with Crippen molar-refractivity contribution in [2.75, 3.05) is 109 Å². The molecule has 0 bridgehead atoms. The van der Waals surface area contributed by atoms with Crippen LogP contribution in [0.25, 0.3) is 28.2 Å². The van der Waals surface area contributed by atoms with E-state index in [1.54, 1.807) is 85.4 Å². The number of nitrogens with one attached hydrogen (secondary N) is 15. The number of amides is 5. The molecule has 51 heteroatoms. The number of aromatic nitrogens is 20. The Labute approximate surface area is 840 Å². The van der Waals surface area contributed by atoms with E-state index in [4.69, 9.17) is 23.7 Å². The number of nitrogens with zero attached hydrogens (tertiary/aromatic N) is 20. The van der Waals surface area contributed by atoms with Gasteiger partial charge in [0.2, 0.25) is 29.4 Å². The largest absolute Gasteiger partial charge is 0.480 e. The fourth-order valence-corrected chi connectivity index (χ4v) is 15.0. The van der Waals surface area contributed by atoms with E-state index < -0.39 is 46.8 Å². The molecule has 0 spiro atoms. The summed E-state index contributed by atoms with van der Waals surface area (Å²) >= 11 is 0. The van der Waals surface area contributed by atoms with Crippen LogP contribution in [-0.2, 0) is 0 Å². The summed E-state index contributed by atoms with van der Waals surface area (Å²) in [5.41, 5.74) is 6.19. The minimum absolute atomic E-state index is 0.0677. The zero-order valence-corrected chi connectivity index (χ0v) is 81.8. The Morgan fingerprint density at radius 3 is 0.885 bits per heavy atom. The minimum Gasteiger partial charge on any atom is -0.480 e. The second-order valence-corrected chi connectivity index (χ2v) is 37.3. The Kier molecular flexibility index (Phi) is 28.9. The van der Waals surface area contributed by atoms with E-state index in [-0.39, 0.29) is 114 Å². The van der Waals surface area contributed by atoms with Crippen molar-refractivity contribution < 1.29 is 74.7 Å². The fraction of sp³-hybridized carbons (Fsp3) is 0.381. The van der Waals surface area contributed by atoms with E-state index in [0.29, 0.717) is 139 Å². The van der Waals surface area contributed by atoms with Crippen molar-refractivity contribution in [2.45, 2.75) is 178 Å². The van der Waals surface area contributed by atoms with Crippen molar-refractivity contribution in [1.82, 2.24) is 124 Å². The summed E-state index contributed by atoms with van der Waals surface area (Å²) in [5, 5.41) is 75.7. The van der Waals surface area contributed by atoms with Crippen LogP contribution in [0, 0.1) is 35.6 Å². The maximum Gasteiger partial charge on any atom is 0.257 e. The van der Waals surface area contributed by atoms with E-state index in [0.717, 1.165) is 132 Å². The van der Waals surface area contributed by atoms with Crippen molar-refractivity contribution in [3.05, 3.63) is 179 Å². The van der Waals surface area contributed by atoms with Crippen LogP contribution in [0.1, 0.15) is 174 Å². The molecule has 8 fully saturated rings. The number of ether oxygens (including phenoxy) is 5. The number of halogens is 5. The highest BCUT2D eigenvalue weighted by Crippen LogP contribution is 2.41. The maximum absolute atomic E-state index is 13.8. The monoisotopic (exact) mass is 2030 g/mol. The van der Waals surface area contributed by atoms with Crippen molar-refractivity contribution in [3.63, 3.8) is 0 Å². The third kappa shape index (κ3) is 24.0. The Balaban J connectivity index is 0.000000116. The molecule has 148 heavy (non-hydrogen) atoms. The zero-order chi connectivity index (χ0) is 103. The number of fused-ring (bicyclic) bond motifs is 5. The van der Waals surface area contributed by atoms with Gasteiger partial charge in [-0.1, -0.05) is 13.8 Å². The molecule has 15 heterocycles. The normalized spacial score (nSPS) is 15.9.